The van der Waals surface area contributed by atoms with E-state index in [0.717, 1.165) is 59.1 Å². The Morgan fingerprint density at radius 2 is 1.69 bits per heavy atom. The number of nitrogens with zero attached hydrogens (tertiary/aromatic N) is 5. The van der Waals surface area contributed by atoms with Gasteiger partial charge in [0.1, 0.15) is 5.82 Å². The molecule has 7 heteroatoms. The van der Waals surface area contributed by atoms with Crippen LogP contribution in [0.4, 0.5) is 0 Å². The number of aromatic hydroxyl groups is 1. The number of nitrogens with one attached hydrogen (secondary N) is 1. The zero-order valence-corrected chi connectivity index (χ0v) is 21.7. The monoisotopic (exact) mass is 514 g/mol. The van der Waals surface area contributed by atoms with Crippen molar-refractivity contribution in [2.24, 2.45) is 0 Å². The van der Waals surface area contributed by atoms with Crippen molar-refractivity contribution in [3.63, 3.8) is 0 Å². The van der Waals surface area contributed by atoms with Crippen LogP contribution in [0.2, 0.25) is 0 Å². The second kappa shape index (κ2) is 10.0. The lowest BCUT2D eigenvalue weighted by Crippen LogP contribution is -2.31. The van der Waals surface area contributed by atoms with Gasteiger partial charge in [-0.3, -0.25) is 14.9 Å². The maximum absolute atomic E-state index is 10.6. The topological polar surface area (TPSA) is 82.9 Å². The van der Waals surface area contributed by atoms with E-state index in [0.29, 0.717) is 13.1 Å². The number of para-hydroxylation sites is 2. The van der Waals surface area contributed by atoms with Crippen LogP contribution in [0.1, 0.15) is 47.1 Å². The van der Waals surface area contributed by atoms with Crippen LogP contribution in [0, 0.1) is 0 Å². The lowest BCUT2D eigenvalue weighted by atomic mass is 9.90. The average Bonchev–Trinajstić information content (AvgIpc) is 3.53. The fourth-order valence-corrected chi connectivity index (χ4v) is 5.86. The van der Waals surface area contributed by atoms with E-state index in [1.807, 2.05) is 47.3 Å². The Kier molecular flexibility index (Phi) is 6.06. The molecule has 0 aliphatic heterocycles. The van der Waals surface area contributed by atoms with E-state index in [9.17, 15) is 5.11 Å². The van der Waals surface area contributed by atoms with Gasteiger partial charge in [0.25, 0.3) is 0 Å². The third-order valence-electron chi connectivity index (χ3n) is 7.79. The maximum Gasteiger partial charge on any atom is 0.201 e. The Bertz CT molecular complexity index is 1720. The highest BCUT2D eigenvalue weighted by molar-refractivity contribution is 5.84. The van der Waals surface area contributed by atoms with Crippen molar-refractivity contribution in [3.05, 3.63) is 120 Å². The van der Waals surface area contributed by atoms with E-state index < -0.39 is 0 Å². The molecular weight excluding hydrogens is 484 g/mol. The summed E-state index contributed by atoms with van der Waals surface area (Å²) >= 11 is 0. The predicted molar refractivity (Wildman–Crippen MR) is 152 cm³/mol. The molecule has 0 amide bonds. The summed E-state index contributed by atoms with van der Waals surface area (Å²) in [7, 11) is 0. The first kappa shape index (κ1) is 23.6. The molecular formula is C32H30N6O. The van der Waals surface area contributed by atoms with Crippen molar-refractivity contribution in [2.45, 2.75) is 44.9 Å². The van der Waals surface area contributed by atoms with E-state index in [1.165, 1.54) is 16.8 Å². The maximum atomic E-state index is 10.6. The normalized spacial score (nSPS) is 15.3. The third-order valence-corrected chi connectivity index (χ3v) is 7.79. The summed E-state index contributed by atoms with van der Waals surface area (Å²) in [5, 5.41) is 11.4. The van der Waals surface area contributed by atoms with E-state index in [-0.39, 0.29) is 11.9 Å². The van der Waals surface area contributed by atoms with Gasteiger partial charge in [-0.25, -0.2) is 4.98 Å². The minimum atomic E-state index is 0.236. The summed E-state index contributed by atoms with van der Waals surface area (Å²) in [6, 6.07) is 25.1. The van der Waals surface area contributed by atoms with Crippen LogP contribution in [0.3, 0.4) is 0 Å². The Morgan fingerprint density at radius 1 is 0.872 bits per heavy atom. The number of aromatic amines is 1. The van der Waals surface area contributed by atoms with Gasteiger partial charge < -0.3 is 14.7 Å². The minimum Gasteiger partial charge on any atom is -0.494 e. The lowest BCUT2D eigenvalue weighted by molar-refractivity contribution is 0.153. The van der Waals surface area contributed by atoms with Gasteiger partial charge in [0.05, 0.1) is 46.8 Å². The summed E-state index contributed by atoms with van der Waals surface area (Å²) in [6.45, 7) is 2.10. The highest BCUT2D eigenvalue weighted by Crippen LogP contribution is 2.35. The largest absolute Gasteiger partial charge is 0.494 e. The van der Waals surface area contributed by atoms with Crippen molar-refractivity contribution in [1.29, 1.82) is 0 Å². The number of rotatable bonds is 7. The number of benzene rings is 2. The van der Waals surface area contributed by atoms with Crippen molar-refractivity contribution in [2.75, 3.05) is 0 Å². The molecule has 6 aromatic rings. The molecule has 1 atom stereocenters. The van der Waals surface area contributed by atoms with Crippen LogP contribution in [0.25, 0.3) is 21.9 Å². The van der Waals surface area contributed by atoms with Crippen LogP contribution < -0.4 is 0 Å². The van der Waals surface area contributed by atoms with Gasteiger partial charge in [-0.05, 0) is 66.3 Å². The smallest absolute Gasteiger partial charge is 0.201 e. The van der Waals surface area contributed by atoms with Crippen molar-refractivity contribution < 1.29 is 5.11 Å². The SMILES string of the molecule is Oc1c2cccnc2cn1Cc1ccc(CN(Cc2nc3ccccc3[nH]2)C2CCCc3cccnc32)cc1. The average molecular weight is 515 g/mol. The first-order chi connectivity index (χ1) is 19.2. The summed E-state index contributed by atoms with van der Waals surface area (Å²) in [4.78, 5) is 20.1. The number of H-pyrrole nitrogens is 1. The molecule has 1 aliphatic carbocycles. The van der Waals surface area contributed by atoms with Crippen LogP contribution in [0.5, 0.6) is 5.88 Å². The van der Waals surface area contributed by atoms with E-state index in [1.54, 1.807) is 6.20 Å². The molecule has 194 valence electrons. The quantitative estimate of drug-likeness (QED) is 0.267. The van der Waals surface area contributed by atoms with E-state index in [2.05, 4.69) is 57.3 Å². The van der Waals surface area contributed by atoms with Gasteiger partial charge in [-0.2, -0.15) is 0 Å². The number of fused-ring (bicyclic) bond motifs is 3. The standard InChI is InChI=1S/C32H30N6O/c39-32-25-8-5-16-33-28(25)20-38(32)19-23-14-12-22(13-15-23)18-37(21-30-35-26-9-1-2-10-27(26)36-30)29-11-3-6-24-7-4-17-34-31(24)29/h1-2,4-5,7-10,12-17,20,29,39H,3,6,11,18-19,21H2,(H,35,36). The summed E-state index contributed by atoms with van der Waals surface area (Å²) in [6.07, 6.45) is 8.89. The second-order valence-electron chi connectivity index (χ2n) is 10.4. The first-order valence-electron chi connectivity index (χ1n) is 13.5. The molecule has 4 aromatic heterocycles. The molecule has 7 nitrogen and oxygen atoms in total. The number of hydrogen-bond donors (Lipinski definition) is 2. The van der Waals surface area contributed by atoms with Gasteiger partial charge in [0.15, 0.2) is 0 Å². The Labute approximate surface area is 226 Å². The molecule has 0 fully saturated rings. The molecule has 39 heavy (non-hydrogen) atoms. The van der Waals surface area contributed by atoms with E-state index in [4.69, 9.17) is 9.97 Å². The molecule has 7 rings (SSSR count). The van der Waals surface area contributed by atoms with Gasteiger partial charge >= 0.3 is 0 Å². The fraction of sp³-hybridized carbons (Fsp3) is 0.219. The molecule has 4 heterocycles. The number of imidazole rings is 1. The number of aryl methyl sites for hydroxylation is 1. The van der Waals surface area contributed by atoms with Crippen LogP contribution in [0.15, 0.2) is 91.4 Å². The zero-order valence-electron chi connectivity index (χ0n) is 21.7. The Hall–Kier alpha value is -4.49. The molecule has 0 bridgehead atoms. The van der Waals surface area contributed by atoms with Crippen molar-refractivity contribution in [1.82, 2.24) is 29.4 Å². The van der Waals surface area contributed by atoms with Crippen LogP contribution in [-0.2, 0) is 26.1 Å². The predicted octanol–water partition coefficient (Wildman–Crippen LogP) is 6.14. The van der Waals surface area contributed by atoms with Gasteiger partial charge in [-0.1, -0.05) is 42.5 Å². The zero-order chi connectivity index (χ0) is 26.2. The summed E-state index contributed by atoms with van der Waals surface area (Å²) < 4.78 is 1.85. The molecule has 2 aromatic carbocycles. The molecule has 0 saturated carbocycles. The van der Waals surface area contributed by atoms with Gasteiger partial charge in [0, 0.05) is 25.1 Å². The fourth-order valence-electron chi connectivity index (χ4n) is 5.86. The molecule has 0 radical (unpaired) electrons. The van der Waals surface area contributed by atoms with Crippen molar-refractivity contribution in [3.8, 4) is 5.88 Å². The molecule has 0 saturated heterocycles. The first-order valence-corrected chi connectivity index (χ1v) is 13.5. The number of aromatic nitrogens is 5. The third kappa shape index (κ3) is 4.66. The highest BCUT2D eigenvalue weighted by atomic mass is 16.3. The van der Waals surface area contributed by atoms with Gasteiger partial charge in [0.2, 0.25) is 5.88 Å². The van der Waals surface area contributed by atoms with Gasteiger partial charge in [-0.15, -0.1) is 0 Å². The van der Waals surface area contributed by atoms with Crippen LogP contribution in [-0.4, -0.2) is 34.5 Å². The highest BCUT2D eigenvalue weighted by Gasteiger charge is 2.28. The Balaban J connectivity index is 1.16. The van der Waals surface area contributed by atoms with E-state index >= 15 is 0 Å². The Morgan fingerprint density at radius 3 is 2.56 bits per heavy atom. The van der Waals surface area contributed by atoms with Crippen LogP contribution >= 0.6 is 0 Å². The number of hydrogen-bond acceptors (Lipinski definition) is 5. The summed E-state index contributed by atoms with van der Waals surface area (Å²) in [5.41, 5.74) is 7.77. The minimum absolute atomic E-state index is 0.236. The van der Waals surface area contributed by atoms with Crippen molar-refractivity contribution >= 4 is 21.9 Å². The number of pyridine rings is 2. The summed E-state index contributed by atoms with van der Waals surface area (Å²) in [5.74, 6) is 1.22. The second-order valence-corrected chi connectivity index (χ2v) is 10.4. The lowest BCUT2D eigenvalue weighted by Gasteiger charge is -2.34. The molecule has 1 unspecified atom stereocenters. The molecule has 0 spiro atoms. The molecule has 2 N–H and O–H groups in total. The molecule has 1 aliphatic rings.